The van der Waals surface area contributed by atoms with Crippen molar-refractivity contribution in [1.82, 2.24) is 4.98 Å². The molecule has 2 aromatic rings. The molecular weight excluding hydrogens is 316 g/mol. The molecule has 0 spiro atoms. The Kier molecular flexibility index (Phi) is 5.88. The van der Waals surface area contributed by atoms with Gasteiger partial charge in [-0.25, -0.2) is 4.79 Å². The number of amides is 1. The Morgan fingerprint density at radius 3 is 2.65 bits per heavy atom. The van der Waals surface area contributed by atoms with Crippen LogP contribution in [0.5, 0.6) is 0 Å². The largest absolute Gasteiger partial charge is 0.463 e. The van der Waals surface area contributed by atoms with Gasteiger partial charge < -0.3 is 10.1 Å². The van der Waals surface area contributed by atoms with Gasteiger partial charge in [-0.1, -0.05) is 23.7 Å². The highest BCUT2D eigenvalue weighted by Gasteiger charge is 2.07. The van der Waals surface area contributed by atoms with E-state index >= 15 is 0 Å². The molecule has 1 aromatic carbocycles. The molecule has 1 aromatic heterocycles. The summed E-state index contributed by atoms with van der Waals surface area (Å²) in [7, 11) is 0. The lowest BCUT2D eigenvalue weighted by Gasteiger charge is -2.05. The monoisotopic (exact) mass is 330 g/mol. The first kappa shape index (κ1) is 16.7. The molecule has 0 saturated heterocycles. The van der Waals surface area contributed by atoms with E-state index in [1.807, 2.05) is 0 Å². The number of carbonyl (C=O) groups excluding carboxylic acids is 2. The molecule has 0 aliphatic heterocycles. The number of esters is 1. The molecule has 0 bridgehead atoms. The summed E-state index contributed by atoms with van der Waals surface area (Å²) in [6.45, 7) is 2.09. The fourth-order valence-electron chi connectivity index (χ4n) is 1.76. The fourth-order valence-corrected chi connectivity index (χ4v) is 1.92. The number of carbonyl (C=O) groups is 2. The number of hydrogen-bond donors (Lipinski definition) is 1. The fraction of sp³-hybridized carbons (Fsp3) is 0.118. The average Bonchev–Trinajstić information content (AvgIpc) is 2.54. The summed E-state index contributed by atoms with van der Waals surface area (Å²) in [5.41, 5.74) is 1.67. The van der Waals surface area contributed by atoms with Crippen LogP contribution in [0, 0.1) is 0 Å². The Hall–Kier alpha value is -2.66. The second kappa shape index (κ2) is 8.10. The minimum Gasteiger partial charge on any atom is -0.463 e. The van der Waals surface area contributed by atoms with Crippen LogP contribution < -0.4 is 5.32 Å². The van der Waals surface area contributed by atoms with Crippen LogP contribution in [0.2, 0.25) is 5.02 Å². The lowest BCUT2D eigenvalue weighted by atomic mass is 10.2. The predicted molar refractivity (Wildman–Crippen MR) is 89.3 cm³/mol. The molecule has 0 unspecified atom stereocenters. The highest BCUT2D eigenvalue weighted by molar-refractivity contribution is 6.30. The Labute approximate surface area is 138 Å². The van der Waals surface area contributed by atoms with Crippen LogP contribution in [0.4, 0.5) is 5.69 Å². The van der Waals surface area contributed by atoms with E-state index in [0.717, 1.165) is 5.56 Å². The molecule has 118 valence electrons. The molecule has 1 N–H and O–H groups in total. The maximum Gasteiger partial charge on any atom is 0.330 e. The van der Waals surface area contributed by atoms with E-state index < -0.39 is 5.97 Å². The van der Waals surface area contributed by atoms with E-state index in [2.05, 4.69) is 10.3 Å². The molecule has 0 aliphatic carbocycles. The van der Waals surface area contributed by atoms with Crippen LogP contribution in [0.25, 0.3) is 6.08 Å². The maximum atomic E-state index is 12.0. The van der Waals surface area contributed by atoms with Crippen LogP contribution in [-0.4, -0.2) is 23.5 Å². The molecule has 23 heavy (non-hydrogen) atoms. The smallest absolute Gasteiger partial charge is 0.330 e. The number of pyridine rings is 1. The summed E-state index contributed by atoms with van der Waals surface area (Å²) < 4.78 is 4.80. The molecule has 5 nitrogen and oxygen atoms in total. The number of nitrogens with one attached hydrogen (secondary N) is 1. The molecule has 1 amide bonds. The van der Waals surface area contributed by atoms with Crippen molar-refractivity contribution in [2.24, 2.45) is 0 Å². The van der Waals surface area contributed by atoms with Gasteiger partial charge in [-0.3, -0.25) is 9.78 Å². The van der Waals surface area contributed by atoms with Crippen molar-refractivity contribution in [2.45, 2.75) is 6.92 Å². The summed E-state index contributed by atoms with van der Waals surface area (Å²) in [5, 5.41) is 3.17. The van der Waals surface area contributed by atoms with Gasteiger partial charge in [-0.2, -0.15) is 0 Å². The van der Waals surface area contributed by atoms with Gasteiger partial charge in [0.2, 0.25) is 0 Å². The normalized spacial score (nSPS) is 10.5. The minimum atomic E-state index is -0.392. The number of ether oxygens (including phenoxy) is 1. The Morgan fingerprint density at radius 2 is 2.00 bits per heavy atom. The van der Waals surface area contributed by atoms with Gasteiger partial charge >= 0.3 is 5.97 Å². The summed E-state index contributed by atoms with van der Waals surface area (Å²) >= 11 is 5.83. The molecule has 0 atom stereocenters. The highest BCUT2D eigenvalue weighted by Crippen LogP contribution is 2.13. The third-order valence-electron chi connectivity index (χ3n) is 2.82. The second-order valence-electron chi connectivity index (χ2n) is 4.52. The summed E-state index contributed by atoms with van der Waals surface area (Å²) in [5.74, 6) is -0.737. The first-order valence-corrected chi connectivity index (χ1v) is 7.34. The van der Waals surface area contributed by atoms with Gasteiger partial charge in [0.05, 0.1) is 6.61 Å². The third-order valence-corrected chi connectivity index (χ3v) is 3.06. The molecule has 1 heterocycles. The van der Waals surface area contributed by atoms with Crippen molar-refractivity contribution in [3.8, 4) is 0 Å². The van der Waals surface area contributed by atoms with Crippen molar-refractivity contribution in [3.63, 3.8) is 0 Å². The number of hydrogen-bond acceptors (Lipinski definition) is 4. The van der Waals surface area contributed by atoms with Crippen LogP contribution in [0.1, 0.15) is 23.0 Å². The zero-order valence-electron chi connectivity index (χ0n) is 12.5. The van der Waals surface area contributed by atoms with E-state index in [9.17, 15) is 9.59 Å². The predicted octanol–water partition coefficient (Wildman–Crippen LogP) is 3.56. The van der Waals surface area contributed by atoms with E-state index in [4.69, 9.17) is 16.3 Å². The van der Waals surface area contributed by atoms with E-state index in [1.165, 1.54) is 18.3 Å². The number of anilines is 1. The topological polar surface area (TPSA) is 68.3 Å². The third kappa shape index (κ3) is 5.23. The van der Waals surface area contributed by atoms with Crippen LogP contribution in [-0.2, 0) is 9.53 Å². The molecule has 0 fully saturated rings. The maximum absolute atomic E-state index is 12.0. The van der Waals surface area contributed by atoms with Crippen LogP contribution in [0.15, 0.2) is 48.7 Å². The first-order valence-electron chi connectivity index (χ1n) is 6.96. The molecular formula is C17H15ClN2O3. The van der Waals surface area contributed by atoms with Gasteiger partial charge in [0, 0.05) is 23.0 Å². The van der Waals surface area contributed by atoms with Crippen molar-refractivity contribution in [1.29, 1.82) is 0 Å². The second-order valence-corrected chi connectivity index (χ2v) is 4.96. The molecule has 0 aliphatic rings. The number of benzene rings is 1. The van der Waals surface area contributed by atoms with Gasteiger partial charge in [0.1, 0.15) is 5.69 Å². The molecule has 0 radical (unpaired) electrons. The number of nitrogens with zero attached hydrogens (tertiary/aromatic N) is 1. The van der Waals surface area contributed by atoms with Crippen molar-refractivity contribution in [2.75, 3.05) is 11.9 Å². The number of halogens is 1. The Morgan fingerprint density at radius 1 is 1.26 bits per heavy atom. The Balaban J connectivity index is 2.00. The lowest BCUT2D eigenvalue weighted by Crippen LogP contribution is -2.13. The first-order chi connectivity index (χ1) is 11.1. The van der Waals surface area contributed by atoms with E-state index in [1.54, 1.807) is 43.3 Å². The standard InChI is InChI=1S/C17H15ClN2O3/c1-2-23-16(21)8-5-12-3-6-14(7-4-12)20-17(22)15-11-13(18)9-10-19-15/h3-11H,2H2,1H3,(H,20,22)/b8-5+. The summed E-state index contributed by atoms with van der Waals surface area (Å²) in [6.07, 6.45) is 4.47. The van der Waals surface area contributed by atoms with Crippen LogP contribution >= 0.6 is 11.6 Å². The van der Waals surface area contributed by atoms with E-state index in [-0.39, 0.29) is 11.6 Å². The molecule has 0 saturated carbocycles. The minimum absolute atomic E-state index is 0.240. The summed E-state index contributed by atoms with van der Waals surface area (Å²) in [4.78, 5) is 27.2. The zero-order chi connectivity index (χ0) is 16.7. The average molecular weight is 331 g/mol. The van der Waals surface area contributed by atoms with E-state index in [0.29, 0.717) is 17.3 Å². The quantitative estimate of drug-likeness (QED) is 0.672. The molecule has 6 heteroatoms. The number of aromatic nitrogens is 1. The van der Waals surface area contributed by atoms with Crippen molar-refractivity contribution >= 4 is 35.2 Å². The van der Waals surface area contributed by atoms with Gasteiger partial charge in [-0.05, 0) is 42.8 Å². The number of rotatable bonds is 5. The van der Waals surface area contributed by atoms with Gasteiger partial charge in [-0.15, -0.1) is 0 Å². The van der Waals surface area contributed by atoms with Crippen molar-refractivity contribution in [3.05, 3.63) is 65.0 Å². The lowest BCUT2D eigenvalue weighted by molar-refractivity contribution is -0.137. The molecule has 2 rings (SSSR count). The van der Waals surface area contributed by atoms with Gasteiger partial charge in [0.25, 0.3) is 5.91 Å². The van der Waals surface area contributed by atoms with Gasteiger partial charge in [0.15, 0.2) is 0 Å². The van der Waals surface area contributed by atoms with Crippen LogP contribution in [0.3, 0.4) is 0 Å². The highest BCUT2D eigenvalue weighted by atomic mass is 35.5. The SMILES string of the molecule is CCOC(=O)/C=C/c1ccc(NC(=O)c2cc(Cl)ccn2)cc1. The summed E-state index contributed by atoms with van der Waals surface area (Å²) in [6, 6.07) is 10.1. The Bertz CT molecular complexity index is 727. The van der Waals surface area contributed by atoms with Crippen molar-refractivity contribution < 1.29 is 14.3 Å². The zero-order valence-corrected chi connectivity index (χ0v) is 13.2.